The van der Waals surface area contributed by atoms with E-state index in [2.05, 4.69) is 20.9 Å². The second-order valence-corrected chi connectivity index (χ2v) is 6.20. The Hall–Kier alpha value is -0.800. The van der Waals surface area contributed by atoms with E-state index in [-0.39, 0.29) is 0 Å². The average molecular weight is 294 g/mol. The smallest absolute Gasteiger partial charge is 0.132 e. The highest BCUT2D eigenvalue weighted by atomic mass is 35.5. The molecular weight excluding hydrogens is 270 g/mol. The zero-order valence-corrected chi connectivity index (χ0v) is 12.9. The minimum atomic E-state index is 0.551. The van der Waals surface area contributed by atoms with E-state index >= 15 is 0 Å². The molecule has 3 rings (SSSR count). The van der Waals surface area contributed by atoms with Crippen molar-refractivity contribution in [2.75, 3.05) is 31.1 Å². The molecule has 2 fully saturated rings. The first kappa shape index (κ1) is 14.2. The van der Waals surface area contributed by atoms with Crippen molar-refractivity contribution in [3.63, 3.8) is 0 Å². The van der Waals surface area contributed by atoms with E-state index in [1.807, 2.05) is 12.3 Å². The van der Waals surface area contributed by atoms with E-state index in [0.717, 1.165) is 30.5 Å². The zero-order valence-electron chi connectivity index (χ0n) is 12.1. The molecule has 0 aromatic carbocycles. The quantitative estimate of drug-likeness (QED) is 0.797. The Balaban J connectivity index is 1.60. The lowest BCUT2D eigenvalue weighted by Gasteiger charge is -2.40. The van der Waals surface area contributed by atoms with Crippen LogP contribution in [-0.2, 0) is 5.88 Å². The summed E-state index contributed by atoms with van der Waals surface area (Å²) in [6.45, 7) is 4.84. The SMILES string of the molecule is ClCc1cccnc1N1CCC(N2CCCCC2)CC1. The minimum Gasteiger partial charge on any atom is -0.356 e. The Kier molecular flexibility index (Phi) is 4.79. The molecule has 3 heterocycles. The van der Waals surface area contributed by atoms with Crippen LogP contribution in [0.25, 0.3) is 0 Å². The van der Waals surface area contributed by atoms with E-state index < -0.39 is 0 Å². The van der Waals surface area contributed by atoms with Crippen LogP contribution in [0.1, 0.15) is 37.7 Å². The van der Waals surface area contributed by atoms with Gasteiger partial charge in [0, 0.05) is 30.9 Å². The second-order valence-electron chi connectivity index (χ2n) is 5.93. The summed E-state index contributed by atoms with van der Waals surface area (Å²) in [6, 6.07) is 4.85. The summed E-state index contributed by atoms with van der Waals surface area (Å²) >= 11 is 6.03. The van der Waals surface area contributed by atoms with Gasteiger partial charge in [-0.25, -0.2) is 4.98 Å². The summed E-state index contributed by atoms with van der Waals surface area (Å²) in [5.74, 6) is 1.65. The standard InChI is InChI=1S/C16H24ClN3/c17-13-14-5-4-8-18-16(14)20-11-6-15(7-12-20)19-9-2-1-3-10-19/h4-5,8,15H,1-3,6-7,9-13H2. The van der Waals surface area contributed by atoms with E-state index in [0.29, 0.717) is 5.88 Å². The second kappa shape index (κ2) is 6.77. The number of halogens is 1. The van der Waals surface area contributed by atoms with Crippen LogP contribution in [0, 0.1) is 0 Å². The van der Waals surface area contributed by atoms with Gasteiger partial charge in [0.15, 0.2) is 0 Å². The van der Waals surface area contributed by atoms with Crippen molar-refractivity contribution in [3.8, 4) is 0 Å². The Morgan fingerprint density at radius 1 is 1.10 bits per heavy atom. The third-order valence-corrected chi connectivity index (χ3v) is 4.97. The van der Waals surface area contributed by atoms with Gasteiger partial charge < -0.3 is 9.80 Å². The summed E-state index contributed by atoms with van der Waals surface area (Å²) in [5, 5.41) is 0. The molecular formula is C16H24ClN3. The minimum absolute atomic E-state index is 0.551. The van der Waals surface area contributed by atoms with E-state index in [1.165, 1.54) is 45.2 Å². The highest BCUT2D eigenvalue weighted by molar-refractivity contribution is 6.17. The van der Waals surface area contributed by atoms with Crippen LogP contribution in [0.4, 0.5) is 5.82 Å². The number of likely N-dealkylation sites (tertiary alicyclic amines) is 1. The fourth-order valence-corrected chi connectivity index (χ4v) is 3.75. The van der Waals surface area contributed by atoms with Crippen molar-refractivity contribution < 1.29 is 0 Å². The van der Waals surface area contributed by atoms with Gasteiger partial charge in [0.05, 0.1) is 5.88 Å². The van der Waals surface area contributed by atoms with Crippen LogP contribution in [0.5, 0.6) is 0 Å². The molecule has 0 amide bonds. The van der Waals surface area contributed by atoms with E-state index in [1.54, 1.807) is 0 Å². The molecule has 3 nitrogen and oxygen atoms in total. The van der Waals surface area contributed by atoms with Crippen molar-refractivity contribution in [2.24, 2.45) is 0 Å². The van der Waals surface area contributed by atoms with Gasteiger partial charge in [-0.2, -0.15) is 0 Å². The predicted molar refractivity (Wildman–Crippen MR) is 84.5 cm³/mol. The fourth-order valence-electron chi connectivity index (χ4n) is 3.55. The maximum absolute atomic E-state index is 6.03. The molecule has 0 saturated carbocycles. The molecule has 0 N–H and O–H groups in total. The predicted octanol–water partition coefficient (Wildman–Crippen LogP) is 3.28. The number of alkyl halides is 1. The number of pyridine rings is 1. The molecule has 0 radical (unpaired) electrons. The normalized spacial score (nSPS) is 22.1. The first-order valence-electron chi connectivity index (χ1n) is 7.87. The van der Waals surface area contributed by atoms with Crippen molar-refractivity contribution >= 4 is 17.4 Å². The van der Waals surface area contributed by atoms with Crippen molar-refractivity contribution in [1.29, 1.82) is 0 Å². The number of anilines is 1. The first-order valence-corrected chi connectivity index (χ1v) is 8.41. The summed E-state index contributed by atoms with van der Waals surface area (Å²) in [4.78, 5) is 9.66. The molecule has 2 saturated heterocycles. The Morgan fingerprint density at radius 3 is 2.55 bits per heavy atom. The largest absolute Gasteiger partial charge is 0.356 e. The highest BCUT2D eigenvalue weighted by Gasteiger charge is 2.26. The lowest BCUT2D eigenvalue weighted by Crippen LogP contribution is -2.47. The van der Waals surface area contributed by atoms with Gasteiger partial charge in [0.25, 0.3) is 0 Å². The van der Waals surface area contributed by atoms with Gasteiger partial charge in [-0.3, -0.25) is 0 Å². The Morgan fingerprint density at radius 2 is 1.85 bits per heavy atom. The lowest BCUT2D eigenvalue weighted by molar-refractivity contribution is 0.141. The molecule has 2 aliphatic heterocycles. The number of hydrogen-bond acceptors (Lipinski definition) is 3. The third kappa shape index (κ3) is 3.09. The molecule has 110 valence electrons. The van der Waals surface area contributed by atoms with Gasteiger partial charge in [0.1, 0.15) is 5.82 Å². The summed E-state index contributed by atoms with van der Waals surface area (Å²) < 4.78 is 0. The molecule has 0 atom stereocenters. The molecule has 4 heteroatoms. The molecule has 0 bridgehead atoms. The van der Waals surface area contributed by atoms with Gasteiger partial charge in [0.2, 0.25) is 0 Å². The maximum Gasteiger partial charge on any atom is 0.132 e. The molecule has 1 aromatic rings. The number of rotatable bonds is 3. The monoisotopic (exact) mass is 293 g/mol. The van der Waals surface area contributed by atoms with Gasteiger partial charge in [-0.15, -0.1) is 11.6 Å². The average Bonchev–Trinajstić information content (AvgIpc) is 2.56. The molecule has 2 aliphatic rings. The molecule has 0 spiro atoms. The number of hydrogen-bond donors (Lipinski definition) is 0. The van der Waals surface area contributed by atoms with Crippen molar-refractivity contribution in [2.45, 2.75) is 44.0 Å². The van der Waals surface area contributed by atoms with E-state index in [4.69, 9.17) is 11.6 Å². The van der Waals surface area contributed by atoms with Crippen LogP contribution >= 0.6 is 11.6 Å². The summed E-state index contributed by atoms with van der Waals surface area (Å²) in [6.07, 6.45) is 8.59. The first-order chi connectivity index (χ1) is 9.88. The van der Waals surface area contributed by atoms with Crippen LogP contribution in [0.15, 0.2) is 18.3 Å². The highest BCUT2D eigenvalue weighted by Crippen LogP contribution is 2.26. The van der Waals surface area contributed by atoms with Crippen LogP contribution in [0.2, 0.25) is 0 Å². The number of nitrogens with zero attached hydrogens (tertiary/aromatic N) is 3. The van der Waals surface area contributed by atoms with Crippen molar-refractivity contribution in [3.05, 3.63) is 23.9 Å². The number of piperidine rings is 2. The Bertz CT molecular complexity index is 423. The topological polar surface area (TPSA) is 19.4 Å². The fraction of sp³-hybridized carbons (Fsp3) is 0.688. The maximum atomic E-state index is 6.03. The Labute approximate surface area is 126 Å². The molecule has 1 aromatic heterocycles. The van der Waals surface area contributed by atoms with E-state index in [9.17, 15) is 0 Å². The zero-order chi connectivity index (χ0) is 13.8. The summed E-state index contributed by atoms with van der Waals surface area (Å²) in [7, 11) is 0. The van der Waals surface area contributed by atoms with Crippen molar-refractivity contribution in [1.82, 2.24) is 9.88 Å². The van der Waals surface area contributed by atoms with Crippen LogP contribution < -0.4 is 4.90 Å². The molecule has 20 heavy (non-hydrogen) atoms. The molecule has 0 aliphatic carbocycles. The molecule has 0 unspecified atom stereocenters. The van der Waals surface area contributed by atoms with Crippen LogP contribution in [-0.4, -0.2) is 42.1 Å². The van der Waals surface area contributed by atoms with Gasteiger partial charge in [-0.05, 0) is 44.8 Å². The third-order valence-electron chi connectivity index (χ3n) is 4.68. The number of aromatic nitrogens is 1. The summed E-state index contributed by atoms with van der Waals surface area (Å²) in [5.41, 5.74) is 1.16. The van der Waals surface area contributed by atoms with Crippen LogP contribution in [0.3, 0.4) is 0 Å². The van der Waals surface area contributed by atoms with Gasteiger partial charge >= 0.3 is 0 Å². The van der Waals surface area contributed by atoms with Gasteiger partial charge in [-0.1, -0.05) is 12.5 Å². The lowest BCUT2D eigenvalue weighted by atomic mass is 9.99.